The SMILES string of the molecule is O=C(c1ccncc1)N1CCO[C@H]2[C@H](OCc3ccncc3)CC[C@@H]21. The van der Waals surface area contributed by atoms with Crippen LogP contribution in [0.25, 0.3) is 0 Å². The molecule has 1 amide bonds. The van der Waals surface area contributed by atoms with Crippen LogP contribution in [0.4, 0.5) is 0 Å². The highest BCUT2D eigenvalue weighted by molar-refractivity contribution is 5.94. The molecule has 3 atom stereocenters. The average molecular weight is 339 g/mol. The molecule has 2 aliphatic rings. The van der Waals surface area contributed by atoms with Gasteiger partial charge in [-0.25, -0.2) is 0 Å². The lowest BCUT2D eigenvalue weighted by atomic mass is 10.1. The topological polar surface area (TPSA) is 64.6 Å². The minimum Gasteiger partial charge on any atom is -0.372 e. The Morgan fingerprint density at radius 1 is 1.12 bits per heavy atom. The lowest BCUT2D eigenvalue weighted by Gasteiger charge is -2.39. The molecule has 0 radical (unpaired) electrons. The van der Waals surface area contributed by atoms with Gasteiger partial charge in [0.05, 0.1) is 25.4 Å². The Labute approximate surface area is 146 Å². The van der Waals surface area contributed by atoms with Crippen molar-refractivity contribution < 1.29 is 14.3 Å². The summed E-state index contributed by atoms with van der Waals surface area (Å²) in [6.07, 6.45) is 8.61. The number of fused-ring (bicyclic) bond motifs is 1. The van der Waals surface area contributed by atoms with Crippen LogP contribution in [0, 0.1) is 0 Å². The molecule has 0 unspecified atom stereocenters. The molecule has 6 heteroatoms. The number of pyridine rings is 2. The standard InChI is InChI=1S/C19H21N3O3/c23-19(15-5-9-21-10-6-15)22-11-12-24-18-16(22)1-2-17(18)25-13-14-3-7-20-8-4-14/h3-10,16-18H,1-2,11-13H2/t16-,17+,18+/m0/s1. The Balaban J connectivity index is 1.42. The van der Waals surface area contributed by atoms with Crippen LogP contribution in [0.1, 0.15) is 28.8 Å². The molecule has 25 heavy (non-hydrogen) atoms. The summed E-state index contributed by atoms with van der Waals surface area (Å²) < 4.78 is 12.1. The molecule has 4 rings (SSSR count). The molecule has 0 bridgehead atoms. The number of nitrogens with zero attached hydrogens (tertiary/aromatic N) is 3. The van der Waals surface area contributed by atoms with Crippen molar-refractivity contribution >= 4 is 5.91 Å². The second-order valence-corrected chi connectivity index (χ2v) is 6.42. The highest BCUT2D eigenvalue weighted by Crippen LogP contribution is 2.33. The molecule has 1 saturated heterocycles. The van der Waals surface area contributed by atoms with Crippen molar-refractivity contribution in [1.29, 1.82) is 0 Å². The molecule has 0 aromatic carbocycles. The normalized spacial score (nSPS) is 25.6. The Bertz CT molecular complexity index is 710. The van der Waals surface area contributed by atoms with E-state index >= 15 is 0 Å². The van der Waals surface area contributed by atoms with Gasteiger partial charge in [0.2, 0.25) is 0 Å². The van der Waals surface area contributed by atoms with E-state index in [0.717, 1.165) is 18.4 Å². The average Bonchev–Trinajstić information content (AvgIpc) is 3.10. The van der Waals surface area contributed by atoms with Crippen LogP contribution >= 0.6 is 0 Å². The number of amides is 1. The van der Waals surface area contributed by atoms with Gasteiger partial charge in [-0.2, -0.15) is 0 Å². The largest absolute Gasteiger partial charge is 0.372 e. The van der Waals surface area contributed by atoms with Crippen molar-refractivity contribution in [2.24, 2.45) is 0 Å². The molecular weight excluding hydrogens is 318 g/mol. The summed E-state index contributed by atoms with van der Waals surface area (Å²) in [5.74, 6) is 0.0514. The first kappa shape index (κ1) is 16.2. The van der Waals surface area contributed by atoms with Crippen molar-refractivity contribution in [1.82, 2.24) is 14.9 Å². The summed E-state index contributed by atoms with van der Waals surface area (Å²) in [7, 11) is 0. The molecule has 1 aliphatic heterocycles. The lowest BCUT2D eigenvalue weighted by molar-refractivity contribution is -0.108. The molecule has 0 spiro atoms. The molecule has 0 N–H and O–H groups in total. The molecule has 1 aliphatic carbocycles. The maximum Gasteiger partial charge on any atom is 0.254 e. The van der Waals surface area contributed by atoms with E-state index < -0.39 is 0 Å². The number of hydrogen-bond donors (Lipinski definition) is 0. The quantitative estimate of drug-likeness (QED) is 0.853. The summed E-state index contributed by atoms with van der Waals surface area (Å²) in [5, 5.41) is 0. The Kier molecular flexibility index (Phi) is 4.72. The summed E-state index contributed by atoms with van der Waals surface area (Å²) in [6.45, 7) is 1.71. The maximum absolute atomic E-state index is 12.8. The van der Waals surface area contributed by atoms with Crippen LogP contribution in [-0.4, -0.2) is 52.2 Å². The summed E-state index contributed by atoms with van der Waals surface area (Å²) in [6, 6.07) is 7.51. The first-order chi connectivity index (χ1) is 12.3. The van der Waals surface area contributed by atoms with Crippen molar-refractivity contribution in [2.45, 2.75) is 37.7 Å². The summed E-state index contributed by atoms with van der Waals surface area (Å²) in [5.41, 5.74) is 1.77. The van der Waals surface area contributed by atoms with Gasteiger partial charge in [-0.05, 0) is 42.7 Å². The number of carbonyl (C=O) groups is 1. The number of carbonyl (C=O) groups excluding carboxylic acids is 1. The first-order valence-electron chi connectivity index (χ1n) is 8.66. The zero-order valence-electron chi connectivity index (χ0n) is 14.0. The third kappa shape index (κ3) is 3.41. The molecule has 3 heterocycles. The molecule has 6 nitrogen and oxygen atoms in total. The minimum atomic E-state index is -0.0543. The fourth-order valence-electron chi connectivity index (χ4n) is 3.69. The van der Waals surface area contributed by atoms with Crippen molar-refractivity contribution in [3.05, 3.63) is 60.2 Å². The minimum absolute atomic E-state index is 0.0196. The Morgan fingerprint density at radius 3 is 2.60 bits per heavy atom. The van der Waals surface area contributed by atoms with Gasteiger partial charge < -0.3 is 14.4 Å². The van der Waals surface area contributed by atoms with Gasteiger partial charge >= 0.3 is 0 Å². The molecule has 130 valence electrons. The monoisotopic (exact) mass is 339 g/mol. The molecule has 2 fully saturated rings. The van der Waals surface area contributed by atoms with E-state index in [0.29, 0.717) is 25.3 Å². The zero-order valence-corrected chi connectivity index (χ0v) is 14.0. The highest BCUT2D eigenvalue weighted by atomic mass is 16.5. The van der Waals surface area contributed by atoms with Crippen LogP contribution in [0.5, 0.6) is 0 Å². The third-order valence-electron chi connectivity index (χ3n) is 4.94. The number of rotatable bonds is 4. The fourth-order valence-corrected chi connectivity index (χ4v) is 3.69. The maximum atomic E-state index is 12.8. The molecule has 1 saturated carbocycles. The van der Waals surface area contributed by atoms with E-state index in [1.807, 2.05) is 17.0 Å². The predicted molar refractivity (Wildman–Crippen MR) is 90.8 cm³/mol. The number of morpholine rings is 1. The Morgan fingerprint density at radius 2 is 1.84 bits per heavy atom. The predicted octanol–water partition coefficient (Wildman–Crippen LogP) is 2.07. The summed E-state index contributed by atoms with van der Waals surface area (Å²) >= 11 is 0. The van der Waals surface area contributed by atoms with Gasteiger partial charge in [0.1, 0.15) is 6.10 Å². The van der Waals surface area contributed by atoms with Crippen LogP contribution in [0.3, 0.4) is 0 Å². The van der Waals surface area contributed by atoms with E-state index in [4.69, 9.17) is 9.47 Å². The number of ether oxygens (including phenoxy) is 2. The van der Waals surface area contributed by atoms with E-state index in [9.17, 15) is 4.79 Å². The van der Waals surface area contributed by atoms with Gasteiger partial charge in [0.15, 0.2) is 0 Å². The van der Waals surface area contributed by atoms with E-state index in [1.165, 1.54) is 0 Å². The lowest BCUT2D eigenvalue weighted by Crippen LogP contribution is -2.53. The van der Waals surface area contributed by atoms with Crippen molar-refractivity contribution in [2.75, 3.05) is 13.2 Å². The highest BCUT2D eigenvalue weighted by Gasteiger charge is 2.45. The van der Waals surface area contributed by atoms with E-state index in [-0.39, 0.29) is 24.2 Å². The number of hydrogen-bond acceptors (Lipinski definition) is 5. The molecule has 2 aromatic heterocycles. The van der Waals surface area contributed by atoms with Gasteiger partial charge in [0.25, 0.3) is 5.91 Å². The molecule has 2 aromatic rings. The third-order valence-corrected chi connectivity index (χ3v) is 4.94. The summed E-state index contributed by atoms with van der Waals surface area (Å²) in [4.78, 5) is 22.8. The zero-order chi connectivity index (χ0) is 17.1. The molecular formula is C19H21N3O3. The Hall–Kier alpha value is -2.31. The van der Waals surface area contributed by atoms with Crippen molar-refractivity contribution in [3.63, 3.8) is 0 Å². The smallest absolute Gasteiger partial charge is 0.254 e. The second-order valence-electron chi connectivity index (χ2n) is 6.42. The van der Waals surface area contributed by atoms with Crippen LogP contribution in [-0.2, 0) is 16.1 Å². The van der Waals surface area contributed by atoms with Gasteiger partial charge in [-0.15, -0.1) is 0 Å². The van der Waals surface area contributed by atoms with E-state index in [2.05, 4.69) is 9.97 Å². The number of aromatic nitrogens is 2. The van der Waals surface area contributed by atoms with Crippen molar-refractivity contribution in [3.8, 4) is 0 Å². The second kappa shape index (κ2) is 7.29. The fraction of sp³-hybridized carbons (Fsp3) is 0.421. The van der Waals surface area contributed by atoms with Gasteiger partial charge in [0, 0.05) is 36.9 Å². The van der Waals surface area contributed by atoms with Crippen LogP contribution in [0.15, 0.2) is 49.1 Å². The van der Waals surface area contributed by atoms with Gasteiger partial charge in [-0.3, -0.25) is 14.8 Å². The van der Waals surface area contributed by atoms with Crippen LogP contribution in [0.2, 0.25) is 0 Å². The van der Waals surface area contributed by atoms with E-state index in [1.54, 1.807) is 36.9 Å². The van der Waals surface area contributed by atoms with Crippen LogP contribution < -0.4 is 0 Å². The van der Waals surface area contributed by atoms with Gasteiger partial charge in [-0.1, -0.05) is 0 Å². The first-order valence-corrected chi connectivity index (χ1v) is 8.66.